The van der Waals surface area contributed by atoms with Crippen LogP contribution in [-0.2, 0) is 12.8 Å². The zero-order valence-electron chi connectivity index (χ0n) is 20.5. The van der Waals surface area contributed by atoms with Crippen molar-refractivity contribution in [2.45, 2.75) is 31.7 Å². The molecule has 0 radical (unpaired) electrons. The van der Waals surface area contributed by atoms with Crippen LogP contribution in [0.1, 0.15) is 22.6 Å². The second kappa shape index (κ2) is 8.87. The molecule has 0 aliphatic rings. The van der Waals surface area contributed by atoms with Crippen LogP contribution in [0.4, 0.5) is 0 Å². The Labute approximate surface area is 212 Å². The molecule has 4 heterocycles. The van der Waals surface area contributed by atoms with Crippen molar-refractivity contribution >= 4 is 22.9 Å². The summed E-state index contributed by atoms with van der Waals surface area (Å²) in [7, 11) is 2.02. The van der Waals surface area contributed by atoms with E-state index in [1.165, 1.54) is 5.56 Å². The first-order chi connectivity index (χ1) is 17.5. The molecule has 0 unspecified atom stereocenters. The van der Waals surface area contributed by atoms with Crippen molar-refractivity contribution in [3.63, 3.8) is 0 Å². The van der Waals surface area contributed by atoms with E-state index in [2.05, 4.69) is 57.4 Å². The Morgan fingerprint density at radius 1 is 0.944 bits per heavy atom. The molecule has 36 heavy (non-hydrogen) atoms. The van der Waals surface area contributed by atoms with Gasteiger partial charge in [-0.05, 0) is 44.5 Å². The van der Waals surface area contributed by atoms with Crippen molar-refractivity contribution in [2.24, 2.45) is 7.05 Å². The van der Waals surface area contributed by atoms with Gasteiger partial charge in [0.15, 0.2) is 16.6 Å². The van der Waals surface area contributed by atoms with E-state index in [4.69, 9.17) is 13.8 Å². The van der Waals surface area contributed by atoms with E-state index in [9.17, 15) is 0 Å². The fraction of sp³-hybridized carbons (Fsp3) is 0.179. The van der Waals surface area contributed by atoms with Gasteiger partial charge in [-0.25, -0.2) is 4.98 Å². The maximum atomic E-state index is 6.00. The summed E-state index contributed by atoms with van der Waals surface area (Å²) >= 11 is 1.59. The van der Waals surface area contributed by atoms with Crippen molar-refractivity contribution < 1.29 is 8.83 Å². The molecule has 0 aliphatic carbocycles. The van der Waals surface area contributed by atoms with E-state index in [1.54, 1.807) is 18.0 Å². The van der Waals surface area contributed by atoms with Crippen molar-refractivity contribution in [1.82, 2.24) is 24.3 Å². The normalized spacial score (nSPS) is 11.6. The average molecular weight is 496 g/mol. The molecule has 0 spiro atoms. The minimum Gasteiger partial charge on any atom is -0.463 e. The summed E-state index contributed by atoms with van der Waals surface area (Å²) in [6.45, 7) is 6.12. The quantitative estimate of drug-likeness (QED) is 0.234. The number of thioether (sulfide) groups is 1. The highest BCUT2D eigenvalue weighted by molar-refractivity contribution is 7.98. The third-order valence-electron chi connectivity index (χ3n) is 6.41. The molecule has 7 nitrogen and oxygen atoms in total. The molecule has 0 saturated carbocycles. The standard InChI is InChI=1S/C28H25N5O2S/c1-17-9-11-20(12-10-17)27-29-21(19(3)35-27)16-36-28-31-30-26(33(28)22-8-6-5-7-18(22)2)24-15-25-23(32(24)4)13-14-34-25/h5-15H,16H2,1-4H3. The molecule has 0 saturated heterocycles. The number of rotatable bonds is 6. The van der Waals surface area contributed by atoms with Gasteiger partial charge >= 0.3 is 0 Å². The number of para-hydroxylation sites is 1. The Hall–Kier alpha value is -4.04. The van der Waals surface area contributed by atoms with Crippen LogP contribution >= 0.6 is 11.8 Å². The summed E-state index contributed by atoms with van der Waals surface area (Å²) in [5.41, 5.74) is 8.02. The van der Waals surface area contributed by atoms with Gasteiger partial charge in [0.05, 0.1) is 28.9 Å². The third kappa shape index (κ3) is 3.83. The highest BCUT2D eigenvalue weighted by atomic mass is 32.2. The lowest BCUT2D eigenvalue weighted by molar-refractivity contribution is 0.540. The number of hydrogen-bond donors (Lipinski definition) is 0. The lowest BCUT2D eigenvalue weighted by Crippen LogP contribution is -2.04. The van der Waals surface area contributed by atoms with Gasteiger partial charge in [0.25, 0.3) is 0 Å². The van der Waals surface area contributed by atoms with E-state index >= 15 is 0 Å². The molecule has 0 amide bonds. The second-order valence-corrected chi connectivity index (χ2v) is 9.81. The first-order valence-corrected chi connectivity index (χ1v) is 12.7. The van der Waals surface area contributed by atoms with Crippen molar-refractivity contribution in [3.8, 4) is 28.7 Å². The predicted octanol–water partition coefficient (Wildman–Crippen LogP) is 6.89. The molecular weight excluding hydrogens is 470 g/mol. The van der Waals surface area contributed by atoms with Crippen LogP contribution in [0.5, 0.6) is 0 Å². The SMILES string of the molecule is Cc1ccc(-c2nc(CSc3nnc(-c4cc5occc5n4C)n3-c3ccccc3C)c(C)o2)cc1. The van der Waals surface area contributed by atoms with Crippen LogP contribution < -0.4 is 0 Å². The highest BCUT2D eigenvalue weighted by Crippen LogP contribution is 2.34. The molecule has 6 aromatic rings. The number of nitrogens with zero attached hydrogens (tertiary/aromatic N) is 5. The van der Waals surface area contributed by atoms with Crippen LogP contribution in [0, 0.1) is 20.8 Å². The van der Waals surface area contributed by atoms with E-state index < -0.39 is 0 Å². The lowest BCUT2D eigenvalue weighted by Gasteiger charge is -2.13. The average Bonchev–Trinajstić information content (AvgIpc) is 3.64. The maximum Gasteiger partial charge on any atom is 0.226 e. The molecule has 4 aromatic heterocycles. The Morgan fingerprint density at radius 2 is 1.75 bits per heavy atom. The van der Waals surface area contributed by atoms with Crippen molar-refractivity contribution in [3.05, 3.63) is 89.5 Å². The minimum atomic E-state index is 0.612. The zero-order chi connectivity index (χ0) is 24.8. The Kier molecular flexibility index (Phi) is 5.53. The van der Waals surface area contributed by atoms with Gasteiger partial charge in [-0.2, -0.15) is 0 Å². The van der Waals surface area contributed by atoms with E-state index in [1.807, 2.05) is 50.4 Å². The number of aromatic nitrogens is 5. The number of oxazole rings is 1. The topological polar surface area (TPSA) is 74.8 Å². The zero-order valence-corrected chi connectivity index (χ0v) is 21.3. The molecule has 0 N–H and O–H groups in total. The van der Waals surface area contributed by atoms with E-state index in [-0.39, 0.29) is 0 Å². The lowest BCUT2D eigenvalue weighted by atomic mass is 10.1. The first kappa shape index (κ1) is 22.4. The fourth-order valence-corrected chi connectivity index (χ4v) is 5.29. The van der Waals surface area contributed by atoms with Crippen LogP contribution in [0.25, 0.3) is 39.8 Å². The van der Waals surface area contributed by atoms with Gasteiger partial charge in [-0.1, -0.05) is 47.7 Å². The number of fused-ring (bicyclic) bond motifs is 1. The van der Waals surface area contributed by atoms with Crippen LogP contribution in [0.15, 0.2) is 80.9 Å². The summed E-state index contributed by atoms with van der Waals surface area (Å²) < 4.78 is 15.8. The predicted molar refractivity (Wildman–Crippen MR) is 141 cm³/mol. The summed E-state index contributed by atoms with van der Waals surface area (Å²) in [5.74, 6) is 2.82. The van der Waals surface area contributed by atoms with Gasteiger partial charge in [0, 0.05) is 30.5 Å². The smallest absolute Gasteiger partial charge is 0.226 e. The van der Waals surface area contributed by atoms with E-state index in [0.717, 1.165) is 56.0 Å². The molecule has 0 atom stereocenters. The highest BCUT2D eigenvalue weighted by Gasteiger charge is 2.22. The summed E-state index contributed by atoms with van der Waals surface area (Å²) in [6, 6.07) is 20.4. The Balaban J connectivity index is 1.38. The molecule has 8 heteroatoms. The maximum absolute atomic E-state index is 6.00. The summed E-state index contributed by atoms with van der Waals surface area (Å²) in [6.07, 6.45) is 1.70. The molecule has 0 fully saturated rings. The number of furan rings is 1. The monoisotopic (exact) mass is 495 g/mol. The summed E-state index contributed by atoms with van der Waals surface area (Å²) in [4.78, 5) is 4.78. The number of aryl methyl sites for hydroxylation is 4. The summed E-state index contributed by atoms with van der Waals surface area (Å²) in [5, 5.41) is 10.0. The van der Waals surface area contributed by atoms with Crippen molar-refractivity contribution in [1.29, 1.82) is 0 Å². The molecule has 0 aliphatic heterocycles. The Bertz CT molecular complexity index is 1690. The van der Waals surface area contributed by atoms with Crippen molar-refractivity contribution in [2.75, 3.05) is 0 Å². The van der Waals surface area contributed by atoms with Crippen LogP contribution in [-0.4, -0.2) is 24.3 Å². The molecular formula is C28H25N5O2S. The molecule has 6 rings (SSSR count). The first-order valence-electron chi connectivity index (χ1n) is 11.7. The molecule has 2 aromatic carbocycles. The minimum absolute atomic E-state index is 0.612. The van der Waals surface area contributed by atoms with Crippen LogP contribution in [0.2, 0.25) is 0 Å². The number of hydrogen-bond acceptors (Lipinski definition) is 6. The van der Waals surface area contributed by atoms with Gasteiger partial charge in [-0.3, -0.25) is 4.57 Å². The molecule has 0 bridgehead atoms. The van der Waals surface area contributed by atoms with Crippen LogP contribution in [0.3, 0.4) is 0 Å². The van der Waals surface area contributed by atoms with Gasteiger partial charge in [-0.15, -0.1) is 10.2 Å². The van der Waals surface area contributed by atoms with Gasteiger partial charge in [0.1, 0.15) is 5.76 Å². The van der Waals surface area contributed by atoms with Gasteiger partial charge in [0.2, 0.25) is 5.89 Å². The fourth-order valence-electron chi connectivity index (χ4n) is 4.34. The van der Waals surface area contributed by atoms with E-state index in [0.29, 0.717) is 11.6 Å². The molecule has 180 valence electrons. The number of benzene rings is 2. The van der Waals surface area contributed by atoms with Gasteiger partial charge < -0.3 is 13.4 Å². The third-order valence-corrected chi connectivity index (χ3v) is 7.35. The Morgan fingerprint density at radius 3 is 2.53 bits per heavy atom. The second-order valence-electron chi connectivity index (χ2n) is 8.86. The largest absolute Gasteiger partial charge is 0.463 e.